The Morgan fingerprint density at radius 1 is 1.62 bits per heavy atom. The molecule has 0 aliphatic carbocycles. The maximum Gasteiger partial charge on any atom is 0.238 e. The molecule has 0 aliphatic heterocycles. The van der Waals surface area contributed by atoms with Crippen molar-refractivity contribution in [2.24, 2.45) is 0 Å². The highest BCUT2D eigenvalue weighted by Crippen LogP contribution is 2.19. The highest BCUT2D eigenvalue weighted by Gasteiger charge is 2.01. The van der Waals surface area contributed by atoms with Crippen LogP contribution in [0.2, 0.25) is 0 Å². The van der Waals surface area contributed by atoms with E-state index in [1.54, 1.807) is 24.9 Å². The lowest BCUT2D eigenvalue weighted by molar-refractivity contribution is 0.401. The monoisotopic (exact) mass is 237 g/mol. The SMILES string of the molecule is C#CCSCCNc1ccc(N)c(OC)n1. The van der Waals surface area contributed by atoms with E-state index in [1.807, 2.05) is 6.07 Å². The summed E-state index contributed by atoms with van der Waals surface area (Å²) in [7, 11) is 1.55. The van der Waals surface area contributed by atoms with Crippen LogP contribution in [0.5, 0.6) is 5.88 Å². The zero-order chi connectivity index (χ0) is 11.8. The summed E-state index contributed by atoms with van der Waals surface area (Å²) >= 11 is 1.70. The van der Waals surface area contributed by atoms with E-state index in [1.165, 1.54) is 0 Å². The van der Waals surface area contributed by atoms with Crippen LogP contribution in [-0.2, 0) is 0 Å². The summed E-state index contributed by atoms with van der Waals surface area (Å²) in [6, 6.07) is 3.59. The predicted octanol–water partition coefficient (Wildman–Crippen LogP) is 1.45. The van der Waals surface area contributed by atoms with Crippen molar-refractivity contribution in [2.45, 2.75) is 0 Å². The number of rotatable bonds is 6. The lowest BCUT2D eigenvalue weighted by Gasteiger charge is -2.08. The number of thioether (sulfide) groups is 1. The van der Waals surface area contributed by atoms with Crippen molar-refractivity contribution in [1.82, 2.24) is 4.98 Å². The van der Waals surface area contributed by atoms with Gasteiger partial charge in [-0.3, -0.25) is 0 Å². The first-order valence-corrected chi connectivity index (χ1v) is 5.99. The fourth-order valence-corrected chi connectivity index (χ4v) is 1.60. The molecule has 0 aliphatic rings. The number of nitrogen functional groups attached to an aromatic ring is 1. The second kappa shape index (κ2) is 6.85. The highest BCUT2D eigenvalue weighted by atomic mass is 32.2. The molecule has 0 fully saturated rings. The topological polar surface area (TPSA) is 60.2 Å². The van der Waals surface area contributed by atoms with Crippen molar-refractivity contribution in [3.63, 3.8) is 0 Å². The highest BCUT2D eigenvalue weighted by molar-refractivity contribution is 7.99. The average molecular weight is 237 g/mol. The summed E-state index contributed by atoms with van der Waals surface area (Å²) in [4.78, 5) is 4.20. The standard InChI is InChI=1S/C11H15N3OS/c1-3-7-16-8-6-13-10-5-4-9(12)11(14-10)15-2/h1,4-5H,6-8,12H2,2H3,(H,13,14). The van der Waals surface area contributed by atoms with Gasteiger partial charge in [-0.2, -0.15) is 4.98 Å². The van der Waals surface area contributed by atoms with Gasteiger partial charge in [0.15, 0.2) is 0 Å². The first kappa shape index (κ1) is 12.5. The van der Waals surface area contributed by atoms with Gasteiger partial charge < -0.3 is 15.8 Å². The number of aromatic nitrogens is 1. The Morgan fingerprint density at radius 2 is 2.44 bits per heavy atom. The van der Waals surface area contributed by atoms with E-state index >= 15 is 0 Å². The van der Waals surface area contributed by atoms with Gasteiger partial charge in [0.2, 0.25) is 5.88 Å². The third-order valence-corrected chi connectivity index (χ3v) is 2.68. The summed E-state index contributed by atoms with van der Waals surface area (Å²) < 4.78 is 5.02. The normalized spacial score (nSPS) is 9.50. The molecular formula is C11H15N3OS. The molecule has 5 heteroatoms. The van der Waals surface area contributed by atoms with E-state index in [9.17, 15) is 0 Å². The molecule has 0 radical (unpaired) electrons. The molecule has 0 bridgehead atoms. The Balaban J connectivity index is 2.40. The fraction of sp³-hybridized carbons (Fsp3) is 0.364. The zero-order valence-corrected chi connectivity index (χ0v) is 10.0. The number of nitrogens with two attached hydrogens (primary N) is 1. The smallest absolute Gasteiger partial charge is 0.238 e. The Labute approximate surface area is 100.0 Å². The zero-order valence-electron chi connectivity index (χ0n) is 9.19. The molecule has 0 saturated carbocycles. The fourth-order valence-electron chi connectivity index (χ4n) is 1.10. The minimum absolute atomic E-state index is 0.446. The van der Waals surface area contributed by atoms with E-state index in [0.717, 1.165) is 23.9 Å². The first-order valence-electron chi connectivity index (χ1n) is 4.83. The van der Waals surface area contributed by atoms with Crippen LogP contribution >= 0.6 is 11.8 Å². The number of nitrogens with zero attached hydrogens (tertiary/aromatic N) is 1. The van der Waals surface area contributed by atoms with Crippen LogP contribution in [0, 0.1) is 12.3 Å². The number of nitrogens with one attached hydrogen (secondary N) is 1. The Bertz CT molecular complexity index is 376. The van der Waals surface area contributed by atoms with E-state index in [0.29, 0.717) is 11.6 Å². The van der Waals surface area contributed by atoms with Crippen LogP contribution in [0.3, 0.4) is 0 Å². The molecule has 0 atom stereocenters. The Kier molecular flexibility index (Phi) is 5.37. The van der Waals surface area contributed by atoms with Crippen molar-refractivity contribution in [3.05, 3.63) is 12.1 Å². The van der Waals surface area contributed by atoms with Gasteiger partial charge in [0.1, 0.15) is 5.82 Å². The molecule has 0 unspecified atom stereocenters. The minimum Gasteiger partial charge on any atom is -0.479 e. The maximum absolute atomic E-state index is 5.65. The third-order valence-electron chi connectivity index (χ3n) is 1.82. The number of anilines is 2. The van der Waals surface area contributed by atoms with E-state index in [2.05, 4.69) is 16.2 Å². The quantitative estimate of drug-likeness (QED) is 0.579. The second-order valence-electron chi connectivity index (χ2n) is 2.98. The van der Waals surface area contributed by atoms with Crippen molar-refractivity contribution in [1.29, 1.82) is 0 Å². The lowest BCUT2D eigenvalue weighted by atomic mass is 10.4. The van der Waals surface area contributed by atoms with Crippen LogP contribution in [0.1, 0.15) is 0 Å². The molecule has 0 spiro atoms. The summed E-state index contributed by atoms with van der Waals surface area (Å²) in [6.45, 7) is 0.812. The van der Waals surface area contributed by atoms with Crippen LogP contribution in [0.4, 0.5) is 11.5 Å². The molecule has 4 nitrogen and oxygen atoms in total. The summed E-state index contributed by atoms with van der Waals surface area (Å²) in [5.74, 6) is 5.46. The number of hydrogen-bond acceptors (Lipinski definition) is 5. The molecular weight excluding hydrogens is 222 g/mol. The van der Waals surface area contributed by atoms with E-state index < -0.39 is 0 Å². The van der Waals surface area contributed by atoms with Crippen LogP contribution in [0.25, 0.3) is 0 Å². The van der Waals surface area contributed by atoms with Gasteiger partial charge in [-0.05, 0) is 12.1 Å². The molecule has 1 aromatic heterocycles. The molecule has 0 amide bonds. The van der Waals surface area contributed by atoms with Crippen LogP contribution in [-0.4, -0.2) is 30.1 Å². The van der Waals surface area contributed by atoms with Crippen molar-refractivity contribution in [3.8, 4) is 18.2 Å². The van der Waals surface area contributed by atoms with Gasteiger partial charge in [0.05, 0.1) is 18.6 Å². The van der Waals surface area contributed by atoms with E-state index in [-0.39, 0.29) is 0 Å². The Morgan fingerprint density at radius 3 is 3.12 bits per heavy atom. The van der Waals surface area contributed by atoms with Gasteiger partial charge in [-0.1, -0.05) is 5.92 Å². The van der Waals surface area contributed by atoms with Gasteiger partial charge >= 0.3 is 0 Å². The Hall–Kier alpha value is -1.54. The van der Waals surface area contributed by atoms with Gasteiger partial charge in [-0.15, -0.1) is 18.2 Å². The molecule has 0 saturated heterocycles. The first-order chi connectivity index (χ1) is 7.77. The third kappa shape index (κ3) is 3.91. The number of terminal acetylenes is 1. The van der Waals surface area contributed by atoms with Crippen LogP contribution < -0.4 is 15.8 Å². The number of ether oxygens (including phenoxy) is 1. The largest absolute Gasteiger partial charge is 0.479 e. The summed E-state index contributed by atoms with van der Waals surface area (Å²) in [5.41, 5.74) is 6.19. The maximum atomic E-state index is 5.65. The molecule has 1 aromatic rings. The summed E-state index contributed by atoms with van der Waals surface area (Å²) in [6.07, 6.45) is 5.14. The molecule has 86 valence electrons. The average Bonchev–Trinajstić information content (AvgIpc) is 2.31. The minimum atomic E-state index is 0.446. The number of hydrogen-bond donors (Lipinski definition) is 2. The van der Waals surface area contributed by atoms with Crippen LogP contribution in [0.15, 0.2) is 12.1 Å². The lowest BCUT2D eigenvalue weighted by Crippen LogP contribution is -2.07. The number of methoxy groups -OCH3 is 1. The molecule has 1 rings (SSSR count). The van der Waals surface area contributed by atoms with Gasteiger partial charge in [0, 0.05) is 12.3 Å². The number of pyridine rings is 1. The molecule has 16 heavy (non-hydrogen) atoms. The van der Waals surface area contributed by atoms with E-state index in [4.69, 9.17) is 16.9 Å². The molecule has 1 heterocycles. The predicted molar refractivity (Wildman–Crippen MR) is 69.8 cm³/mol. The van der Waals surface area contributed by atoms with Crippen molar-refractivity contribution >= 4 is 23.3 Å². The second-order valence-corrected chi connectivity index (χ2v) is 4.08. The summed E-state index contributed by atoms with van der Waals surface area (Å²) in [5, 5.41) is 3.17. The molecule has 3 N–H and O–H groups in total. The van der Waals surface area contributed by atoms with Crippen molar-refractivity contribution in [2.75, 3.05) is 36.2 Å². The van der Waals surface area contributed by atoms with Gasteiger partial charge in [0.25, 0.3) is 0 Å². The van der Waals surface area contributed by atoms with Crippen molar-refractivity contribution < 1.29 is 4.74 Å². The van der Waals surface area contributed by atoms with Gasteiger partial charge in [-0.25, -0.2) is 0 Å². The molecule has 0 aromatic carbocycles.